The fraction of sp³-hybridized carbons (Fsp3) is 0.423. The molecule has 3 heterocycles. The molecule has 1 N–H and O–H groups in total. The topological polar surface area (TPSA) is 74.8 Å². The number of hydrogen-bond acceptors (Lipinski definition) is 6. The Morgan fingerprint density at radius 2 is 1.97 bits per heavy atom. The molecule has 0 bridgehead atoms. The summed E-state index contributed by atoms with van der Waals surface area (Å²) in [4.78, 5) is 34.9. The highest BCUT2D eigenvalue weighted by molar-refractivity contribution is 7.18. The van der Waals surface area contributed by atoms with E-state index in [1.165, 1.54) is 21.7 Å². The molecule has 2 saturated heterocycles. The number of carbonyl (C=O) groups is 2. The summed E-state index contributed by atoms with van der Waals surface area (Å²) in [7, 11) is 1.54. The van der Waals surface area contributed by atoms with Crippen LogP contribution in [0.1, 0.15) is 23.4 Å². The molecule has 2 fully saturated rings. The number of carbonyl (C=O) groups excluding carboxylic acids is 2. The maximum Gasteiger partial charge on any atom is 0.325 e. The van der Waals surface area contributed by atoms with Gasteiger partial charge in [0.1, 0.15) is 16.4 Å². The molecule has 0 spiro atoms. The largest absolute Gasteiger partial charge is 0.383 e. The fourth-order valence-corrected chi connectivity index (χ4v) is 6.31. The summed E-state index contributed by atoms with van der Waals surface area (Å²) in [5.41, 5.74) is 0.636. The first-order chi connectivity index (χ1) is 17.0. The number of aromatic nitrogens is 1. The summed E-state index contributed by atoms with van der Waals surface area (Å²) in [5, 5.41) is 4.11. The normalized spacial score (nSPS) is 21.7. The van der Waals surface area contributed by atoms with Gasteiger partial charge < -0.3 is 10.1 Å². The van der Waals surface area contributed by atoms with E-state index in [1.807, 2.05) is 24.3 Å². The Bertz CT molecular complexity index is 1190. The zero-order valence-corrected chi connectivity index (χ0v) is 20.5. The van der Waals surface area contributed by atoms with Crippen molar-refractivity contribution >= 4 is 33.5 Å². The number of piperidine rings is 1. The molecule has 1 atom stereocenters. The second-order valence-electron chi connectivity index (χ2n) is 9.28. The summed E-state index contributed by atoms with van der Waals surface area (Å²) in [6.07, 6.45) is 1.77. The Kier molecular flexibility index (Phi) is 6.82. The molecule has 184 valence electrons. The molecule has 7 nitrogen and oxygen atoms in total. The highest BCUT2D eigenvalue weighted by atomic mass is 32.1. The van der Waals surface area contributed by atoms with Crippen molar-refractivity contribution in [2.24, 2.45) is 5.92 Å². The molecule has 35 heavy (non-hydrogen) atoms. The highest BCUT2D eigenvalue weighted by Gasteiger charge is 2.55. The van der Waals surface area contributed by atoms with Crippen molar-refractivity contribution in [1.82, 2.24) is 20.1 Å². The minimum absolute atomic E-state index is 0.0543. The van der Waals surface area contributed by atoms with Gasteiger partial charge in [0.15, 0.2) is 0 Å². The van der Waals surface area contributed by atoms with Crippen LogP contribution in [0.4, 0.5) is 9.18 Å². The van der Waals surface area contributed by atoms with E-state index in [1.54, 1.807) is 24.5 Å². The number of imide groups is 1. The van der Waals surface area contributed by atoms with Gasteiger partial charge in [0.25, 0.3) is 5.91 Å². The minimum atomic E-state index is -1.08. The molecule has 1 aromatic heterocycles. The summed E-state index contributed by atoms with van der Waals surface area (Å²) in [6.45, 7) is 2.83. The number of hydrogen-bond donors (Lipinski definition) is 1. The lowest BCUT2D eigenvalue weighted by Crippen LogP contribution is -2.57. The van der Waals surface area contributed by atoms with Gasteiger partial charge in [-0.15, -0.1) is 11.3 Å². The third-order valence-corrected chi connectivity index (χ3v) is 8.10. The number of fused-ring (bicyclic) bond motifs is 1. The number of rotatable bonds is 8. The van der Waals surface area contributed by atoms with E-state index >= 15 is 0 Å². The maximum atomic E-state index is 13.9. The Morgan fingerprint density at radius 3 is 2.71 bits per heavy atom. The molecule has 0 saturated carbocycles. The number of likely N-dealkylation sites (tertiary alicyclic amines) is 1. The van der Waals surface area contributed by atoms with Gasteiger partial charge in [-0.25, -0.2) is 14.2 Å². The SMILES string of the molecule is COCCN1C(=O)NC(Cc2cccc(F)c2)(C2CCN(Cc3nc4ccccc4s3)CC2)C1=O. The number of halogens is 1. The van der Waals surface area contributed by atoms with Crippen LogP contribution >= 0.6 is 11.3 Å². The van der Waals surface area contributed by atoms with E-state index in [4.69, 9.17) is 9.72 Å². The van der Waals surface area contributed by atoms with Crippen LogP contribution in [0.25, 0.3) is 10.2 Å². The predicted molar refractivity (Wildman–Crippen MR) is 133 cm³/mol. The average molecular weight is 497 g/mol. The fourth-order valence-electron chi connectivity index (χ4n) is 5.30. The molecule has 3 amide bonds. The summed E-state index contributed by atoms with van der Waals surface area (Å²) >= 11 is 1.71. The Labute approximate surface area is 207 Å². The van der Waals surface area contributed by atoms with Gasteiger partial charge in [-0.3, -0.25) is 14.6 Å². The molecule has 1 unspecified atom stereocenters. The Hall–Kier alpha value is -2.88. The van der Waals surface area contributed by atoms with Crippen molar-refractivity contribution in [3.63, 3.8) is 0 Å². The first kappa shape index (κ1) is 23.8. The number of para-hydroxylation sites is 1. The lowest BCUT2D eigenvalue weighted by Gasteiger charge is -2.41. The van der Waals surface area contributed by atoms with E-state index in [9.17, 15) is 14.0 Å². The summed E-state index contributed by atoms with van der Waals surface area (Å²) in [5.74, 6) is -0.647. The van der Waals surface area contributed by atoms with E-state index in [-0.39, 0.29) is 37.2 Å². The molecule has 5 rings (SSSR count). The van der Waals surface area contributed by atoms with E-state index in [0.29, 0.717) is 5.56 Å². The third kappa shape index (κ3) is 4.80. The molecule has 0 aliphatic carbocycles. The van der Waals surface area contributed by atoms with Gasteiger partial charge in [-0.1, -0.05) is 24.3 Å². The second kappa shape index (κ2) is 10.0. The van der Waals surface area contributed by atoms with Gasteiger partial charge in [-0.05, 0) is 61.7 Å². The van der Waals surface area contributed by atoms with E-state index in [0.717, 1.165) is 43.0 Å². The van der Waals surface area contributed by atoms with Crippen LogP contribution in [0.15, 0.2) is 48.5 Å². The van der Waals surface area contributed by atoms with Crippen LogP contribution in [0.3, 0.4) is 0 Å². The first-order valence-corrected chi connectivity index (χ1v) is 12.7. The van der Waals surface area contributed by atoms with Crippen molar-refractivity contribution in [3.05, 3.63) is 64.9 Å². The smallest absolute Gasteiger partial charge is 0.325 e. The number of nitrogens with zero attached hydrogens (tertiary/aromatic N) is 3. The van der Waals surface area contributed by atoms with Crippen molar-refractivity contribution in [3.8, 4) is 0 Å². The molecule has 3 aromatic rings. The van der Waals surface area contributed by atoms with Gasteiger partial charge in [0.2, 0.25) is 0 Å². The quantitative estimate of drug-likeness (QED) is 0.480. The molecule has 9 heteroatoms. The Balaban J connectivity index is 1.33. The molecular weight excluding hydrogens is 467 g/mol. The summed E-state index contributed by atoms with van der Waals surface area (Å²) < 4.78 is 20.2. The molecule has 2 aromatic carbocycles. The van der Waals surface area contributed by atoms with Gasteiger partial charge in [0.05, 0.1) is 29.9 Å². The van der Waals surface area contributed by atoms with E-state index in [2.05, 4.69) is 16.3 Å². The first-order valence-electron chi connectivity index (χ1n) is 11.9. The van der Waals surface area contributed by atoms with E-state index < -0.39 is 11.6 Å². The number of thiazole rings is 1. The van der Waals surface area contributed by atoms with Crippen molar-refractivity contribution < 1.29 is 18.7 Å². The molecule has 2 aliphatic heterocycles. The summed E-state index contributed by atoms with van der Waals surface area (Å²) in [6, 6.07) is 14.0. The molecule has 2 aliphatic rings. The van der Waals surface area contributed by atoms with Crippen LogP contribution < -0.4 is 5.32 Å². The number of urea groups is 1. The van der Waals surface area contributed by atoms with Gasteiger partial charge >= 0.3 is 6.03 Å². The number of amides is 3. The predicted octanol–water partition coefficient (Wildman–Crippen LogP) is 3.83. The average Bonchev–Trinajstić information content (AvgIpc) is 3.36. The van der Waals surface area contributed by atoms with Crippen molar-refractivity contribution in [2.45, 2.75) is 31.3 Å². The number of methoxy groups -OCH3 is 1. The monoisotopic (exact) mass is 496 g/mol. The van der Waals surface area contributed by atoms with Crippen LogP contribution in [0, 0.1) is 11.7 Å². The van der Waals surface area contributed by atoms with Crippen LogP contribution in [0.5, 0.6) is 0 Å². The van der Waals surface area contributed by atoms with Crippen molar-refractivity contribution in [1.29, 1.82) is 0 Å². The standard InChI is InChI=1S/C26H29FN4O3S/c1-34-14-13-31-24(32)26(29-25(31)33,16-18-5-4-6-20(27)15-18)19-9-11-30(12-10-19)17-23-28-21-7-2-3-8-22(21)35-23/h2-8,15,19H,9-14,16-17H2,1H3,(H,29,33). The lowest BCUT2D eigenvalue weighted by molar-refractivity contribution is -0.134. The minimum Gasteiger partial charge on any atom is -0.383 e. The lowest BCUT2D eigenvalue weighted by atomic mass is 9.74. The van der Waals surface area contributed by atoms with Crippen LogP contribution in [0.2, 0.25) is 0 Å². The van der Waals surface area contributed by atoms with Gasteiger partial charge in [0, 0.05) is 13.5 Å². The number of nitrogens with one attached hydrogen (secondary N) is 1. The Morgan fingerprint density at radius 1 is 1.17 bits per heavy atom. The number of ether oxygens (including phenoxy) is 1. The zero-order valence-electron chi connectivity index (χ0n) is 19.7. The third-order valence-electron chi connectivity index (χ3n) is 7.07. The molecular formula is C26H29FN4O3S. The van der Waals surface area contributed by atoms with Gasteiger partial charge in [-0.2, -0.15) is 0 Å². The molecule has 0 radical (unpaired) electrons. The zero-order chi connectivity index (χ0) is 24.4. The second-order valence-corrected chi connectivity index (χ2v) is 10.4. The number of benzene rings is 2. The van der Waals surface area contributed by atoms with Crippen LogP contribution in [-0.4, -0.2) is 65.6 Å². The highest BCUT2D eigenvalue weighted by Crippen LogP contribution is 2.37. The maximum absolute atomic E-state index is 13.9. The van der Waals surface area contributed by atoms with Crippen molar-refractivity contribution in [2.75, 3.05) is 33.4 Å². The van der Waals surface area contributed by atoms with Crippen LogP contribution in [-0.2, 0) is 22.5 Å².